The number of carbonyl (C=O) groups excluding carboxylic acids is 1. The average molecular weight is 311 g/mol. The molecule has 2 N–H and O–H groups in total. The highest BCUT2D eigenvalue weighted by molar-refractivity contribution is 7.80. The van der Waals surface area contributed by atoms with E-state index in [2.05, 4.69) is 4.90 Å². The second-order valence-electron chi connectivity index (χ2n) is 6.64. The molecule has 2 aliphatic rings. The molecule has 0 unspecified atom stereocenters. The summed E-state index contributed by atoms with van der Waals surface area (Å²) in [6.45, 7) is 4.09. The Hall–Kier alpha value is -0.680. The van der Waals surface area contributed by atoms with E-state index in [0.717, 1.165) is 38.8 Å². The van der Waals surface area contributed by atoms with Crippen molar-refractivity contribution in [2.45, 2.75) is 51.4 Å². The van der Waals surface area contributed by atoms with Gasteiger partial charge in [-0.15, -0.1) is 0 Å². The zero-order chi connectivity index (χ0) is 15.3. The summed E-state index contributed by atoms with van der Waals surface area (Å²) in [6, 6.07) is 0. The minimum atomic E-state index is -0.578. The van der Waals surface area contributed by atoms with Gasteiger partial charge < -0.3 is 15.5 Å². The summed E-state index contributed by atoms with van der Waals surface area (Å²) in [4.78, 5) is 17.7. The van der Waals surface area contributed by atoms with Crippen LogP contribution < -0.4 is 5.73 Å². The molecule has 0 aromatic carbocycles. The highest BCUT2D eigenvalue weighted by Gasteiger charge is 2.43. The average Bonchev–Trinajstić information content (AvgIpc) is 2.86. The number of hydrogen-bond donors (Lipinski definition) is 1. The van der Waals surface area contributed by atoms with Crippen molar-refractivity contribution in [1.82, 2.24) is 9.80 Å². The molecule has 1 heterocycles. The molecule has 1 saturated carbocycles. The number of hydrogen-bond acceptors (Lipinski definition) is 3. The Kier molecular flexibility index (Phi) is 5.99. The van der Waals surface area contributed by atoms with Gasteiger partial charge in [0.05, 0.1) is 10.4 Å². The second-order valence-corrected chi connectivity index (χ2v) is 7.08. The first-order valence-corrected chi connectivity index (χ1v) is 8.75. The lowest BCUT2D eigenvalue weighted by Crippen LogP contribution is -2.50. The number of likely N-dealkylation sites (tertiary alicyclic amines) is 1. The molecule has 0 atom stereocenters. The molecule has 120 valence electrons. The van der Waals surface area contributed by atoms with Crippen LogP contribution in [0.4, 0.5) is 0 Å². The lowest BCUT2D eigenvalue weighted by atomic mass is 9.79. The Morgan fingerprint density at radius 2 is 1.71 bits per heavy atom. The third-order valence-corrected chi connectivity index (χ3v) is 5.53. The van der Waals surface area contributed by atoms with Crippen LogP contribution in [-0.2, 0) is 4.79 Å². The fourth-order valence-corrected chi connectivity index (χ4v) is 3.95. The zero-order valence-corrected chi connectivity index (χ0v) is 14.1. The predicted molar refractivity (Wildman–Crippen MR) is 90.2 cm³/mol. The van der Waals surface area contributed by atoms with Crippen LogP contribution in [0.1, 0.15) is 51.4 Å². The Bertz CT molecular complexity index is 372. The van der Waals surface area contributed by atoms with Crippen molar-refractivity contribution < 1.29 is 4.79 Å². The fraction of sp³-hybridized carbons (Fsp3) is 0.875. The second kappa shape index (κ2) is 7.54. The topological polar surface area (TPSA) is 49.6 Å². The summed E-state index contributed by atoms with van der Waals surface area (Å²) < 4.78 is 0. The summed E-state index contributed by atoms with van der Waals surface area (Å²) in [7, 11) is 1.91. The first-order valence-electron chi connectivity index (χ1n) is 8.34. The molecule has 2 rings (SSSR count). The molecule has 5 heteroatoms. The third kappa shape index (κ3) is 3.95. The largest absolute Gasteiger partial charge is 0.392 e. The van der Waals surface area contributed by atoms with Gasteiger partial charge >= 0.3 is 0 Å². The van der Waals surface area contributed by atoms with E-state index >= 15 is 0 Å². The maximum absolute atomic E-state index is 13.0. The van der Waals surface area contributed by atoms with Gasteiger partial charge in [-0.3, -0.25) is 4.79 Å². The van der Waals surface area contributed by atoms with E-state index in [1.807, 2.05) is 11.9 Å². The Morgan fingerprint density at radius 1 is 1.14 bits per heavy atom. The van der Waals surface area contributed by atoms with Gasteiger partial charge in [0, 0.05) is 20.1 Å². The van der Waals surface area contributed by atoms with Crippen LogP contribution in [0.3, 0.4) is 0 Å². The van der Waals surface area contributed by atoms with E-state index < -0.39 is 5.41 Å². The van der Waals surface area contributed by atoms with Crippen LogP contribution in [-0.4, -0.2) is 53.9 Å². The number of nitrogens with two attached hydrogens (primary N) is 1. The predicted octanol–water partition coefficient (Wildman–Crippen LogP) is 2.17. The van der Waals surface area contributed by atoms with Crippen LogP contribution in [0.15, 0.2) is 0 Å². The van der Waals surface area contributed by atoms with Gasteiger partial charge in [-0.25, -0.2) is 0 Å². The molecule has 1 aliphatic carbocycles. The van der Waals surface area contributed by atoms with Crippen molar-refractivity contribution in [2.24, 2.45) is 11.1 Å². The van der Waals surface area contributed by atoms with Crippen LogP contribution in [0, 0.1) is 5.41 Å². The Morgan fingerprint density at radius 3 is 2.24 bits per heavy atom. The van der Waals surface area contributed by atoms with E-state index in [1.54, 1.807) is 0 Å². The van der Waals surface area contributed by atoms with Crippen molar-refractivity contribution in [1.29, 1.82) is 0 Å². The van der Waals surface area contributed by atoms with Crippen molar-refractivity contribution in [3.05, 3.63) is 0 Å². The minimum Gasteiger partial charge on any atom is -0.392 e. The van der Waals surface area contributed by atoms with Gasteiger partial charge in [0.25, 0.3) is 0 Å². The van der Waals surface area contributed by atoms with Gasteiger partial charge in [0.2, 0.25) is 5.91 Å². The smallest absolute Gasteiger partial charge is 0.235 e. The third-order valence-electron chi connectivity index (χ3n) is 5.14. The van der Waals surface area contributed by atoms with Gasteiger partial charge in [0.15, 0.2) is 0 Å². The zero-order valence-electron chi connectivity index (χ0n) is 13.3. The van der Waals surface area contributed by atoms with Crippen molar-refractivity contribution in [2.75, 3.05) is 33.2 Å². The molecule has 0 spiro atoms. The summed E-state index contributed by atoms with van der Waals surface area (Å²) in [6.07, 6.45) is 8.73. The van der Waals surface area contributed by atoms with Crippen LogP contribution >= 0.6 is 12.2 Å². The summed E-state index contributed by atoms with van der Waals surface area (Å²) >= 11 is 5.29. The van der Waals surface area contributed by atoms with Crippen molar-refractivity contribution in [3.8, 4) is 0 Å². The number of amides is 1. The Labute approximate surface area is 134 Å². The fourth-order valence-electron chi connectivity index (χ4n) is 3.66. The van der Waals surface area contributed by atoms with Crippen LogP contribution in [0.25, 0.3) is 0 Å². The van der Waals surface area contributed by atoms with E-state index in [4.69, 9.17) is 18.0 Å². The summed E-state index contributed by atoms with van der Waals surface area (Å²) in [5.74, 6) is 0.149. The van der Waals surface area contributed by atoms with E-state index in [-0.39, 0.29) is 5.91 Å². The normalized spacial score (nSPS) is 22.7. The molecule has 1 saturated heterocycles. The number of carbonyl (C=O) groups is 1. The molecule has 2 fully saturated rings. The lowest BCUT2D eigenvalue weighted by Gasteiger charge is -2.35. The standard InChI is InChI=1S/C16H29N3OS/c1-18(12-13-19-10-6-7-11-19)15(20)16(14(17)21)8-4-2-3-5-9-16/h2-13H2,1H3,(H2,17,21). The minimum absolute atomic E-state index is 0.149. The monoisotopic (exact) mass is 311 g/mol. The van der Waals surface area contributed by atoms with Gasteiger partial charge in [0.1, 0.15) is 0 Å². The van der Waals surface area contributed by atoms with Gasteiger partial charge in [-0.05, 0) is 38.8 Å². The molecule has 0 radical (unpaired) electrons. The molecule has 0 aromatic rings. The van der Waals surface area contributed by atoms with E-state index in [1.165, 1.54) is 38.8 Å². The first-order chi connectivity index (χ1) is 10.1. The van der Waals surface area contributed by atoms with Crippen LogP contribution in [0.5, 0.6) is 0 Å². The molecule has 0 bridgehead atoms. The highest BCUT2D eigenvalue weighted by atomic mass is 32.1. The van der Waals surface area contributed by atoms with Crippen LogP contribution in [0.2, 0.25) is 0 Å². The molecule has 0 aromatic heterocycles. The number of nitrogens with zero attached hydrogens (tertiary/aromatic N) is 2. The number of likely N-dealkylation sites (N-methyl/N-ethyl adjacent to an activating group) is 1. The molecule has 1 amide bonds. The molecular weight excluding hydrogens is 282 g/mol. The molecular formula is C16H29N3OS. The number of rotatable bonds is 5. The SMILES string of the molecule is CN(CCN1CCCC1)C(=O)C1(C(N)=S)CCCCCC1. The number of thiocarbonyl (C=S) groups is 1. The quantitative estimate of drug-likeness (QED) is 0.624. The van der Waals surface area contributed by atoms with E-state index in [0.29, 0.717) is 4.99 Å². The Balaban J connectivity index is 1.97. The van der Waals surface area contributed by atoms with Gasteiger partial charge in [-0.1, -0.05) is 37.9 Å². The van der Waals surface area contributed by atoms with Crippen molar-refractivity contribution >= 4 is 23.1 Å². The molecule has 1 aliphatic heterocycles. The summed E-state index contributed by atoms with van der Waals surface area (Å²) in [5, 5.41) is 0. The van der Waals surface area contributed by atoms with E-state index in [9.17, 15) is 4.79 Å². The lowest BCUT2D eigenvalue weighted by molar-refractivity contribution is -0.137. The maximum Gasteiger partial charge on any atom is 0.235 e. The van der Waals surface area contributed by atoms with Gasteiger partial charge in [-0.2, -0.15) is 0 Å². The van der Waals surface area contributed by atoms with Crippen molar-refractivity contribution in [3.63, 3.8) is 0 Å². The first kappa shape index (κ1) is 16.7. The molecule has 4 nitrogen and oxygen atoms in total. The summed E-state index contributed by atoms with van der Waals surface area (Å²) in [5.41, 5.74) is 5.42. The highest BCUT2D eigenvalue weighted by Crippen LogP contribution is 2.37. The maximum atomic E-state index is 13.0. The molecule has 21 heavy (non-hydrogen) atoms.